The Morgan fingerprint density at radius 1 is 1.90 bits per heavy atom. The van der Waals surface area contributed by atoms with Crippen molar-refractivity contribution >= 4 is 6.29 Å². The van der Waals surface area contributed by atoms with Crippen molar-refractivity contribution in [3.8, 4) is 0 Å². The molecule has 0 radical (unpaired) electrons. The van der Waals surface area contributed by atoms with Crippen LogP contribution in [-0.4, -0.2) is 28.0 Å². The Morgan fingerprint density at radius 2 is 2.50 bits per heavy atom. The van der Waals surface area contributed by atoms with Crippen molar-refractivity contribution in [3.63, 3.8) is 0 Å². The molecule has 1 heterocycles. The number of aliphatic hydroxyl groups excluding tert-OH is 1. The molecule has 0 spiro atoms. The summed E-state index contributed by atoms with van der Waals surface area (Å²) in [6.07, 6.45) is 3.80. The molecule has 1 aromatic rings. The van der Waals surface area contributed by atoms with E-state index in [0.717, 1.165) is 0 Å². The van der Waals surface area contributed by atoms with Gasteiger partial charge in [0, 0.05) is 19.0 Å². The lowest BCUT2D eigenvalue weighted by molar-refractivity contribution is 0.111. The van der Waals surface area contributed by atoms with Gasteiger partial charge in [-0.15, -0.1) is 0 Å². The zero-order valence-electron chi connectivity index (χ0n) is 5.74. The first-order valence-corrected chi connectivity index (χ1v) is 2.90. The predicted octanol–water partition coefficient (Wildman–Crippen LogP) is 0.221. The van der Waals surface area contributed by atoms with Gasteiger partial charge in [-0.25, -0.2) is 4.98 Å². The normalized spacial score (nSPS) is 7.80. The van der Waals surface area contributed by atoms with Gasteiger partial charge in [0.05, 0.1) is 0 Å². The number of nitrogens with one attached hydrogen (secondary N) is 1. The van der Waals surface area contributed by atoms with Gasteiger partial charge < -0.3 is 10.1 Å². The lowest BCUT2D eigenvalue weighted by Crippen LogP contribution is -1.78. The minimum absolute atomic E-state index is 0.250. The SMILES string of the molecule is CCO.O=Cc1ncc[nH]1. The zero-order chi connectivity index (χ0) is 7.82. The Balaban J connectivity index is 0.000000236. The van der Waals surface area contributed by atoms with Crippen LogP contribution in [0.1, 0.15) is 17.5 Å². The van der Waals surface area contributed by atoms with Gasteiger partial charge in [0.15, 0.2) is 12.1 Å². The maximum Gasteiger partial charge on any atom is 0.185 e. The first-order chi connectivity index (χ1) is 4.85. The smallest absolute Gasteiger partial charge is 0.185 e. The first kappa shape index (κ1) is 8.84. The zero-order valence-corrected chi connectivity index (χ0v) is 5.74. The van der Waals surface area contributed by atoms with Crippen LogP contribution in [0.2, 0.25) is 0 Å². The van der Waals surface area contributed by atoms with Gasteiger partial charge in [-0.3, -0.25) is 4.79 Å². The number of nitrogens with zero attached hydrogens (tertiary/aromatic N) is 1. The third-order valence-electron chi connectivity index (χ3n) is 0.631. The predicted molar refractivity (Wildman–Crippen MR) is 36.7 cm³/mol. The average Bonchev–Trinajstić information content (AvgIpc) is 2.39. The summed E-state index contributed by atoms with van der Waals surface area (Å²) in [7, 11) is 0. The summed E-state index contributed by atoms with van der Waals surface area (Å²) >= 11 is 0. The first-order valence-electron chi connectivity index (χ1n) is 2.90. The van der Waals surface area contributed by atoms with Gasteiger partial charge in [-0.1, -0.05) is 0 Å². The van der Waals surface area contributed by atoms with E-state index >= 15 is 0 Å². The minimum Gasteiger partial charge on any atom is -0.397 e. The number of aldehydes is 1. The Morgan fingerprint density at radius 3 is 2.70 bits per heavy atom. The quantitative estimate of drug-likeness (QED) is 0.551. The van der Waals surface area contributed by atoms with Crippen molar-refractivity contribution in [2.75, 3.05) is 6.61 Å². The maximum absolute atomic E-state index is 9.77. The topological polar surface area (TPSA) is 66.0 Å². The fourth-order valence-electron chi connectivity index (χ4n) is 0.342. The standard InChI is InChI=1S/C4H4N2O.C2H6O/c7-3-4-5-1-2-6-4;1-2-3/h1-3H,(H,5,6);3H,2H2,1H3. The van der Waals surface area contributed by atoms with E-state index in [0.29, 0.717) is 12.1 Å². The molecule has 0 atom stereocenters. The molecule has 0 saturated carbocycles. The molecule has 0 fully saturated rings. The summed E-state index contributed by atoms with van der Waals surface area (Å²) in [6, 6.07) is 0. The van der Waals surface area contributed by atoms with Crippen molar-refractivity contribution in [3.05, 3.63) is 18.2 Å². The molecule has 56 valence electrons. The molecule has 4 nitrogen and oxygen atoms in total. The number of hydrogen-bond acceptors (Lipinski definition) is 3. The van der Waals surface area contributed by atoms with Crippen LogP contribution in [0.3, 0.4) is 0 Å². The Bertz CT molecular complexity index is 160. The van der Waals surface area contributed by atoms with Gasteiger partial charge in [0.1, 0.15) is 0 Å². The molecule has 0 amide bonds. The second-order valence-electron chi connectivity index (χ2n) is 1.41. The summed E-state index contributed by atoms with van der Waals surface area (Å²) in [5.41, 5.74) is 0. The summed E-state index contributed by atoms with van der Waals surface area (Å²) in [5.74, 6) is 0.375. The van der Waals surface area contributed by atoms with Gasteiger partial charge >= 0.3 is 0 Å². The van der Waals surface area contributed by atoms with Crippen LogP contribution in [0, 0.1) is 0 Å². The molecule has 1 rings (SSSR count). The van der Waals surface area contributed by atoms with E-state index in [4.69, 9.17) is 5.11 Å². The highest BCUT2D eigenvalue weighted by atomic mass is 16.2. The van der Waals surface area contributed by atoms with Crippen LogP contribution in [0.15, 0.2) is 12.4 Å². The van der Waals surface area contributed by atoms with Gasteiger partial charge in [0.2, 0.25) is 0 Å². The number of aliphatic hydroxyl groups is 1. The van der Waals surface area contributed by atoms with Crippen LogP contribution < -0.4 is 0 Å². The fraction of sp³-hybridized carbons (Fsp3) is 0.333. The number of carbonyl (C=O) groups is 1. The summed E-state index contributed by atoms with van der Waals surface area (Å²) in [4.78, 5) is 16.0. The molecular weight excluding hydrogens is 132 g/mol. The van der Waals surface area contributed by atoms with E-state index in [9.17, 15) is 4.79 Å². The summed E-state index contributed by atoms with van der Waals surface area (Å²) < 4.78 is 0. The van der Waals surface area contributed by atoms with E-state index in [-0.39, 0.29) is 6.61 Å². The number of aromatic nitrogens is 2. The average molecular weight is 142 g/mol. The molecule has 0 unspecified atom stereocenters. The molecule has 2 N–H and O–H groups in total. The second kappa shape index (κ2) is 5.97. The summed E-state index contributed by atoms with van der Waals surface area (Å²) in [5, 5.41) is 7.57. The lowest BCUT2D eigenvalue weighted by atomic mass is 10.7. The van der Waals surface area contributed by atoms with E-state index < -0.39 is 0 Å². The van der Waals surface area contributed by atoms with E-state index in [1.165, 1.54) is 6.20 Å². The van der Waals surface area contributed by atoms with Crippen LogP contribution >= 0.6 is 0 Å². The van der Waals surface area contributed by atoms with Gasteiger partial charge in [0.25, 0.3) is 0 Å². The van der Waals surface area contributed by atoms with Crippen molar-refractivity contribution in [2.24, 2.45) is 0 Å². The molecule has 0 aliphatic carbocycles. The van der Waals surface area contributed by atoms with Crippen molar-refractivity contribution in [1.29, 1.82) is 0 Å². The van der Waals surface area contributed by atoms with E-state index in [2.05, 4.69) is 9.97 Å². The third-order valence-corrected chi connectivity index (χ3v) is 0.631. The highest BCUT2D eigenvalue weighted by molar-refractivity contribution is 5.68. The maximum atomic E-state index is 9.77. The molecule has 1 aromatic heterocycles. The Hall–Kier alpha value is -1.16. The van der Waals surface area contributed by atoms with Crippen molar-refractivity contribution in [1.82, 2.24) is 9.97 Å². The van der Waals surface area contributed by atoms with E-state index in [1.807, 2.05) is 0 Å². The second-order valence-corrected chi connectivity index (χ2v) is 1.41. The molecule has 4 heteroatoms. The number of carbonyl (C=O) groups excluding carboxylic acids is 1. The number of hydrogen-bond donors (Lipinski definition) is 2. The molecule has 0 aliphatic heterocycles. The van der Waals surface area contributed by atoms with Crippen LogP contribution in [0.25, 0.3) is 0 Å². The van der Waals surface area contributed by atoms with Gasteiger partial charge in [-0.05, 0) is 6.92 Å². The number of aromatic amines is 1. The third kappa shape index (κ3) is 3.80. The largest absolute Gasteiger partial charge is 0.397 e. The molecule has 0 saturated heterocycles. The fourth-order valence-corrected chi connectivity index (χ4v) is 0.342. The highest BCUT2D eigenvalue weighted by Gasteiger charge is 1.82. The molecular formula is C6H10N2O2. The van der Waals surface area contributed by atoms with Crippen molar-refractivity contribution < 1.29 is 9.90 Å². The van der Waals surface area contributed by atoms with Gasteiger partial charge in [-0.2, -0.15) is 0 Å². The monoisotopic (exact) mass is 142 g/mol. The lowest BCUT2D eigenvalue weighted by Gasteiger charge is -1.68. The molecule has 0 aliphatic rings. The minimum atomic E-state index is 0.250. The number of rotatable bonds is 1. The van der Waals surface area contributed by atoms with Crippen LogP contribution in [-0.2, 0) is 0 Å². The van der Waals surface area contributed by atoms with Crippen LogP contribution in [0.5, 0.6) is 0 Å². The summed E-state index contributed by atoms with van der Waals surface area (Å²) in [6.45, 7) is 1.93. The van der Waals surface area contributed by atoms with E-state index in [1.54, 1.807) is 13.1 Å². The van der Waals surface area contributed by atoms with Crippen molar-refractivity contribution in [2.45, 2.75) is 6.92 Å². The number of H-pyrrole nitrogens is 1. The molecule has 0 bridgehead atoms. The Labute approximate surface area is 58.9 Å². The molecule has 10 heavy (non-hydrogen) atoms. The van der Waals surface area contributed by atoms with Crippen LogP contribution in [0.4, 0.5) is 0 Å². The molecule has 0 aromatic carbocycles. The number of imidazole rings is 1. The highest BCUT2D eigenvalue weighted by Crippen LogP contribution is 1.77. The Kier molecular flexibility index (Phi) is 5.28.